The second-order valence-corrected chi connectivity index (χ2v) is 4.72. The molecule has 2 nitrogen and oxygen atoms in total. The Balaban J connectivity index is 2.22. The monoisotopic (exact) mass is 264 g/mol. The highest BCUT2D eigenvalue weighted by Gasteiger charge is 2.17. The maximum atomic E-state index is 13.4. The van der Waals surface area contributed by atoms with Gasteiger partial charge in [0.05, 0.1) is 0 Å². The molecule has 2 rings (SSSR count). The molecule has 1 saturated carbocycles. The minimum atomic E-state index is -1.61. The van der Waals surface area contributed by atoms with Crippen molar-refractivity contribution in [2.45, 2.75) is 32.1 Å². The highest BCUT2D eigenvalue weighted by Crippen LogP contribution is 2.23. The minimum absolute atomic E-state index is 0.186. The number of carboxylic acids is 1. The molecule has 100 valence electrons. The van der Waals surface area contributed by atoms with E-state index in [9.17, 15) is 13.6 Å². The molecule has 4 heteroatoms. The Morgan fingerprint density at radius 1 is 1.16 bits per heavy atom. The van der Waals surface area contributed by atoms with Gasteiger partial charge < -0.3 is 5.11 Å². The standard InChI is InChI=1S/C15H14F2O2/c16-12-8-11(9-13(17)14(12)15(18)19)7-6-10-4-2-1-3-5-10/h8-10H,1-5H2,(H,18,19). The van der Waals surface area contributed by atoms with Crippen molar-refractivity contribution in [3.05, 3.63) is 34.9 Å². The zero-order valence-corrected chi connectivity index (χ0v) is 10.4. The number of hydrogen-bond acceptors (Lipinski definition) is 1. The molecule has 1 fully saturated rings. The van der Waals surface area contributed by atoms with E-state index < -0.39 is 23.2 Å². The summed E-state index contributed by atoms with van der Waals surface area (Å²) < 4.78 is 26.9. The van der Waals surface area contributed by atoms with Gasteiger partial charge in [-0.25, -0.2) is 13.6 Å². The summed E-state index contributed by atoms with van der Waals surface area (Å²) in [6.07, 6.45) is 5.53. The summed E-state index contributed by atoms with van der Waals surface area (Å²) in [7, 11) is 0. The Labute approximate surface area is 110 Å². The molecule has 0 amide bonds. The number of rotatable bonds is 1. The van der Waals surface area contributed by atoms with Crippen LogP contribution in [0.5, 0.6) is 0 Å². The molecule has 0 radical (unpaired) electrons. The predicted octanol–water partition coefficient (Wildman–Crippen LogP) is 3.59. The van der Waals surface area contributed by atoms with Crippen LogP contribution in [0.1, 0.15) is 48.0 Å². The Morgan fingerprint density at radius 2 is 1.74 bits per heavy atom. The molecule has 1 aromatic carbocycles. The SMILES string of the molecule is O=C(O)c1c(F)cc(C#CC2CCCCC2)cc1F. The quantitative estimate of drug-likeness (QED) is 0.787. The van der Waals surface area contributed by atoms with Crippen molar-refractivity contribution in [3.63, 3.8) is 0 Å². The van der Waals surface area contributed by atoms with Gasteiger partial charge in [0.2, 0.25) is 0 Å². The van der Waals surface area contributed by atoms with Crippen LogP contribution in [0.3, 0.4) is 0 Å². The molecule has 1 aliphatic rings. The van der Waals surface area contributed by atoms with Crippen LogP contribution in [0.25, 0.3) is 0 Å². The average molecular weight is 264 g/mol. The molecular weight excluding hydrogens is 250 g/mol. The number of halogens is 2. The van der Waals surface area contributed by atoms with E-state index in [0.717, 1.165) is 37.8 Å². The fourth-order valence-corrected chi connectivity index (χ4v) is 2.28. The summed E-state index contributed by atoms with van der Waals surface area (Å²) >= 11 is 0. The van der Waals surface area contributed by atoms with E-state index in [-0.39, 0.29) is 11.5 Å². The molecular formula is C15H14F2O2. The fraction of sp³-hybridized carbons (Fsp3) is 0.400. The van der Waals surface area contributed by atoms with Gasteiger partial charge in [0.15, 0.2) is 0 Å². The number of carboxylic acid groups (broad SMARTS) is 1. The van der Waals surface area contributed by atoms with Crippen LogP contribution in [0, 0.1) is 29.4 Å². The average Bonchev–Trinajstić information content (AvgIpc) is 2.36. The smallest absolute Gasteiger partial charge is 0.341 e. The van der Waals surface area contributed by atoms with Crippen molar-refractivity contribution in [2.75, 3.05) is 0 Å². The van der Waals surface area contributed by atoms with Gasteiger partial charge in [-0.15, -0.1) is 0 Å². The van der Waals surface area contributed by atoms with Crippen LogP contribution in [0.4, 0.5) is 8.78 Å². The van der Waals surface area contributed by atoms with E-state index in [1.807, 2.05) is 0 Å². The van der Waals surface area contributed by atoms with Gasteiger partial charge in [-0.05, 0) is 25.0 Å². The van der Waals surface area contributed by atoms with Crippen molar-refractivity contribution in [1.82, 2.24) is 0 Å². The van der Waals surface area contributed by atoms with Gasteiger partial charge in [-0.3, -0.25) is 0 Å². The third-order valence-corrected chi connectivity index (χ3v) is 3.28. The lowest BCUT2D eigenvalue weighted by Crippen LogP contribution is -2.05. The maximum absolute atomic E-state index is 13.4. The molecule has 0 bridgehead atoms. The van der Waals surface area contributed by atoms with Crippen molar-refractivity contribution >= 4 is 5.97 Å². The Hall–Kier alpha value is -1.89. The molecule has 0 spiro atoms. The van der Waals surface area contributed by atoms with E-state index in [4.69, 9.17) is 5.11 Å². The van der Waals surface area contributed by atoms with E-state index >= 15 is 0 Å². The van der Waals surface area contributed by atoms with Crippen LogP contribution >= 0.6 is 0 Å². The van der Waals surface area contributed by atoms with Gasteiger partial charge in [0.25, 0.3) is 0 Å². The molecule has 1 aromatic rings. The molecule has 1 aliphatic carbocycles. The third kappa shape index (κ3) is 3.31. The van der Waals surface area contributed by atoms with Crippen LogP contribution in [0.15, 0.2) is 12.1 Å². The highest BCUT2D eigenvalue weighted by atomic mass is 19.1. The third-order valence-electron chi connectivity index (χ3n) is 3.28. The molecule has 0 heterocycles. The summed E-state index contributed by atoms with van der Waals surface area (Å²) in [5.41, 5.74) is -0.742. The predicted molar refractivity (Wildman–Crippen MR) is 66.8 cm³/mol. The van der Waals surface area contributed by atoms with E-state index in [1.165, 1.54) is 6.42 Å². The van der Waals surface area contributed by atoms with Crippen molar-refractivity contribution in [3.8, 4) is 11.8 Å². The summed E-state index contributed by atoms with van der Waals surface area (Å²) in [4.78, 5) is 10.6. The number of hydrogen-bond donors (Lipinski definition) is 1. The molecule has 0 aromatic heterocycles. The summed E-state index contributed by atoms with van der Waals surface area (Å²) in [6, 6.07) is 1.95. The van der Waals surface area contributed by atoms with E-state index in [2.05, 4.69) is 11.8 Å². The zero-order valence-electron chi connectivity index (χ0n) is 10.4. The Bertz CT molecular complexity index is 526. The van der Waals surface area contributed by atoms with E-state index in [1.54, 1.807) is 0 Å². The van der Waals surface area contributed by atoms with Gasteiger partial charge in [-0.1, -0.05) is 31.1 Å². The summed E-state index contributed by atoms with van der Waals surface area (Å²) in [5.74, 6) is 2.25. The van der Waals surface area contributed by atoms with Crippen molar-refractivity contribution < 1.29 is 18.7 Å². The van der Waals surface area contributed by atoms with E-state index in [0.29, 0.717) is 0 Å². The maximum Gasteiger partial charge on any atom is 0.341 e. The first-order valence-electron chi connectivity index (χ1n) is 6.32. The highest BCUT2D eigenvalue weighted by molar-refractivity contribution is 5.88. The van der Waals surface area contributed by atoms with Gasteiger partial charge in [-0.2, -0.15) is 0 Å². The van der Waals surface area contributed by atoms with Crippen LogP contribution in [-0.4, -0.2) is 11.1 Å². The minimum Gasteiger partial charge on any atom is -0.477 e. The second kappa shape index (κ2) is 5.83. The molecule has 0 saturated heterocycles. The molecule has 1 N–H and O–H groups in total. The largest absolute Gasteiger partial charge is 0.477 e. The van der Waals surface area contributed by atoms with Crippen LogP contribution < -0.4 is 0 Å². The Kier molecular flexibility index (Phi) is 4.16. The fourth-order valence-electron chi connectivity index (χ4n) is 2.28. The number of carbonyl (C=O) groups is 1. The first-order valence-corrected chi connectivity index (χ1v) is 6.32. The molecule has 0 atom stereocenters. The van der Waals surface area contributed by atoms with Crippen molar-refractivity contribution in [1.29, 1.82) is 0 Å². The van der Waals surface area contributed by atoms with Gasteiger partial charge in [0, 0.05) is 11.5 Å². The van der Waals surface area contributed by atoms with Gasteiger partial charge >= 0.3 is 5.97 Å². The lowest BCUT2D eigenvalue weighted by atomic mass is 9.89. The van der Waals surface area contributed by atoms with Gasteiger partial charge in [0.1, 0.15) is 17.2 Å². The molecule has 0 unspecified atom stereocenters. The molecule has 19 heavy (non-hydrogen) atoms. The Morgan fingerprint density at radius 3 is 2.26 bits per heavy atom. The van der Waals surface area contributed by atoms with Crippen LogP contribution in [-0.2, 0) is 0 Å². The normalized spacial score (nSPS) is 15.7. The summed E-state index contributed by atoms with van der Waals surface area (Å²) in [5, 5.41) is 8.66. The first kappa shape index (κ1) is 13.5. The number of aromatic carboxylic acids is 1. The lowest BCUT2D eigenvalue weighted by Gasteiger charge is -2.15. The van der Waals surface area contributed by atoms with Crippen LogP contribution in [0.2, 0.25) is 0 Å². The van der Waals surface area contributed by atoms with Crippen molar-refractivity contribution in [2.24, 2.45) is 5.92 Å². The topological polar surface area (TPSA) is 37.3 Å². The first-order chi connectivity index (χ1) is 9.08. The second-order valence-electron chi connectivity index (χ2n) is 4.72. The lowest BCUT2D eigenvalue weighted by molar-refractivity contribution is 0.0686. The summed E-state index contributed by atoms with van der Waals surface area (Å²) in [6.45, 7) is 0. The number of benzene rings is 1. The molecule has 0 aliphatic heterocycles. The zero-order chi connectivity index (χ0) is 13.8.